The molecule has 1 aromatic rings. The fourth-order valence-electron chi connectivity index (χ4n) is 2.91. The van der Waals surface area contributed by atoms with Gasteiger partial charge in [-0.05, 0) is 18.1 Å². The minimum Gasteiger partial charge on any atom is -0.317 e. The topological polar surface area (TPSA) is 40.6 Å². The van der Waals surface area contributed by atoms with Gasteiger partial charge in [0, 0.05) is 25.3 Å². The van der Waals surface area contributed by atoms with Crippen molar-refractivity contribution in [2.75, 3.05) is 10.8 Å². The maximum Gasteiger partial charge on any atom is 0.229 e. The molecule has 3 rings (SSSR count). The maximum absolute atomic E-state index is 12.3. The standard InChI is InChI=1S/C14H15ClN2O2/c15-8-7-14(19)17-11-4-2-1-3-10(11)9-16-12(17)5-6-13(16)18/h1-4,12H,5-9H2. The van der Waals surface area contributed by atoms with Crippen molar-refractivity contribution in [1.82, 2.24) is 4.90 Å². The lowest BCUT2D eigenvalue weighted by atomic mass is 10.1. The van der Waals surface area contributed by atoms with Gasteiger partial charge in [-0.3, -0.25) is 14.5 Å². The lowest BCUT2D eigenvalue weighted by Gasteiger charge is -2.41. The van der Waals surface area contributed by atoms with Crippen LogP contribution in [-0.2, 0) is 16.1 Å². The predicted octanol–water partition coefficient (Wildman–Crippen LogP) is 2.11. The van der Waals surface area contributed by atoms with E-state index in [9.17, 15) is 9.59 Å². The average molecular weight is 279 g/mol. The third kappa shape index (κ3) is 2.00. The van der Waals surface area contributed by atoms with Crippen LogP contribution in [0.5, 0.6) is 0 Å². The first kappa shape index (κ1) is 12.5. The van der Waals surface area contributed by atoms with Crippen molar-refractivity contribution >= 4 is 29.1 Å². The predicted molar refractivity (Wildman–Crippen MR) is 72.8 cm³/mol. The molecule has 0 saturated carbocycles. The van der Waals surface area contributed by atoms with Crippen LogP contribution in [0.15, 0.2) is 24.3 Å². The number of amides is 2. The molecule has 2 aliphatic rings. The van der Waals surface area contributed by atoms with Crippen LogP contribution in [0, 0.1) is 0 Å². The molecule has 2 heterocycles. The number of benzene rings is 1. The van der Waals surface area contributed by atoms with Crippen molar-refractivity contribution in [3.63, 3.8) is 0 Å². The van der Waals surface area contributed by atoms with Crippen molar-refractivity contribution < 1.29 is 9.59 Å². The van der Waals surface area contributed by atoms with Gasteiger partial charge in [-0.1, -0.05) is 18.2 Å². The number of halogens is 1. The summed E-state index contributed by atoms with van der Waals surface area (Å²) in [5.74, 6) is 0.424. The van der Waals surface area contributed by atoms with E-state index in [2.05, 4.69) is 0 Å². The minimum absolute atomic E-state index is 0.00755. The van der Waals surface area contributed by atoms with E-state index in [4.69, 9.17) is 11.6 Å². The molecule has 1 fully saturated rings. The van der Waals surface area contributed by atoms with Crippen LogP contribution in [0.3, 0.4) is 0 Å². The fraction of sp³-hybridized carbons (Fsp3) is 0.429. The molecule has 100 valence electrons. The zero-order valence-corrected chi connectivity index (χ0v) is 11.3. The molecule has 1 atom stereocenters. The first-order valence-electron chi connectivity index (χ1n) is 6.48. The first-order valence-corrected chi connectivity index (χ1v) is 7.01. The Kier molecular flexibility index (Phi) is 3.19. The quantitative estimate of drug-likeness (QED) is 0.778. The van der Waals surface area contributed by atoms with Crippen LogP contribution in [0.2, 0.25) is 0 Å². The van der Waals surface area contributed by atoms with E-state index >= 15 is 0 Å². The zero-order valence-electron chi connectivity index (χ0n) is 10.5. The van der Waals surface area contributed by atoms with E-state index in [1.54, 1.807) is 9.80 Å². The van der Waals surface area contributed by atoms with Crippen molar-refractivity contribution in [3.05, 3.63) is 29.8 Å². The molecule has 19 heavy (non-hydrogen) atoms. The number of hydrogen-bond acceptors (Lipinski definition) is 2. The van der Waals surface area contributed by atoms with Crippen molar-refractivity contribution in [1.29, 1.82) is 0 Å². The molecule has 0 aliphatic carbocycles. The van der Waals surface area contributed by atoms with E-state index in [0.29, 0.717) is 31.7 Å². The Labute approximate surface area is 116 Å². The number of carbonyl (C=O) groups is 2. The van der Waals surface area contributed by atoms with Crippen molar-refractivity contribution in [2.24, 2.45) is 0 Å². The van der Waals surface area contributed by atoms with E-state index < -0.39 is 0 Å². The largest absolute Gasteiger partial charge is 0.317 e. The van der Waals surface area contributed by atoms with Gasteiger partial charge in [0.1, 0.15) is 6.17 Å². The third-order valence-corrected chi connectivity index (χ3v) is 3.95. The van der Waals surface area contributed by atoms with Crippen LogP contribution in [0.4, 0.5) is 5.69 Å². The second kappa shape index (κ2) is 4.85. The Morgan fingerprint density at radius 3 is 2.95 bits per heavy atom. The van der Waals surface area contributed by atoms with E-state index in [1.807, 2.05) is 24.3 Å². The summed E-state index contributed by atoms with van der Waals surface area (Å²) in [4.78, 5) is 27.8. The number of anilines is 1. The Balaban J connectivity index is 2.03. The molecule has 5 heteroatoms. The maximum atomic E-state index is 12.3. The smallest absolute Gasteiger partial charge is 0.229 e. The van der Waals surface area contributed by atoms with Gasteiger partial charge < -0.3 is 4.90 Å². The second-order valence-electron chi connectivity index (χ2n) is 4.87. The van der Waals surface area contributed by atoms with Gasteiger partial charge in [-0.15, -0.1) is 11.6 Å². The van der Waals surface area contributed by atoms with Crippen LogP contribution >= 0.6 is 11.6 Å². The normalized spacial score (nSPS) is 21.3. The van der Waals surface area contributed by atoms with Gasteiger partial charge in [-0.2, -0.15) is 0 Å². The van der Waals surface area contributed by atoms with Gasteiger partial charge in [0.15, 0.2) is 0 Å². The lowest BCUT2D eigenvalue weighted by molar-refractivity contribution is -0.130. The molecular weight excluding hydrogens is 264 g/mol. The average Bonchev–Trinajstić information content (AvgIpc) is 2.78. The number of carbonyl (C=O) groups excluding carboxylic acids is 2. The van der Waals surface area contributed by atoms with Gasteiger partial charge in [0.25, 0.3) is 0 Å². The highest BCUT2D eigenvalue weighted by Crippen LogP contribution is 2.36. The molecule has 2 aliphatic heterocycles. The highest BCUT2D eigenvalue weighted by Gasteiger charge is 2.41. The van der Waals surface area contributed by atoms with Crippen molar-refractivity contribution in [2.45, 2.75) is 32.0 Å². The Morgan fingerprint density at radius 1 is 1.37 bits per heavy atom. The monoisotopic (exact) mass is 278 g/mol. The second-order valence-corrected chi connectivity index (χ2v) is 5.25. The molecule has 0 spiro atoms. The summed E-state index contributed by atoms with van der Waals surface area (Å²) in [7, 11) is 0. The summed E-state index contributed by atoms with van der Waals surface area (Å²) in [5, 5.41) is 0. The first-order chi connectivity index (χ1) is 9.22. The minimum atomic E-state index is -0.127. The highest BCUT2D eigenvalue weighted by atomic mass is 35.5. The van der Waals surface area contributed by atoms with Crippen LogP contribution in [-0.4, -0.2) is 28.8 Å². The number of rotatable bonds is 2. The Bertz CT molecular complexity index is 532. The third-order valence-electron chi connectivity index (χ3n) is 3.76. The van der Waals surface area contributed by atoms with Crippen LogP contribution in [0.1, 0.15) is 24.8 Å². The molecule has 0 N–H and O–H groups in total. The van der Waals surface area contributed by atoms with Crippen LogP contribution in [0.25, 0.3) is 0 Å². The van der Waals surface area contributed by atoms with Gasteiger partial charge in [0.2, 0.25) is 11.8 Å². The van der Waals surface area contributed by atoms with Gasteiger partial charge in [-0.25, -0.2) is 0 Å². The zero-order chi connectivity index (χ0) is 13.4. The summed E-state index contributed by atoms with van der Waals surface area (Å²) in [6.45, 7) is 0.602. The molecule has 1 unspecified atom stereocenters. The molecular formula is C14H15ClN2O2. The molecule has 1 saturated heterocycles. The number of alkyl halides is 1. The summed E-state index contributed by atoms with van der Waals surface area (Å²) in [6.07, 6.45) is 1.40. The SMILES string of the molecule is O=C1CCC2N1Cc1ccccc1N2C(=O)CCCl. The number of para-hydroxylation sites is 1. The van der Waals surface area contributed by atoms with E-state index in [0.717, 1.165) is 11.3 Å². The highest BCUT2D eigenvalue weighted by molar-refractivity contribution is 6.19. The van der Waals surface area contributed by atoms with E-state index in [1.165, 1.54) is 0 Å². The summed E-state index contributed by atoms with van der Waals surface area (Å²) >= 11 is 5.69. The molecule has 0 aromatic heterocycles. The number of nitrogens with zero attached hydrogens (tertiary/aromatic N) is 2. The summed E-state index contributed by atoms with van der Waals surface area (Å²) in [6, 6.07) is 7.77. The molecule has 1 aromatic carbocycles. The number of fused-ring (bicyclic) bond motifs is 2. The van der Waals surface area contributed by atoms with E-state index in [-0.39, 0.29) is 18.0 Å². The van der Waals surface area contributed by atoms with Crippen molar-refractivity contribution in [3.8, 4) is 0 Å². The molecule has 0 radical (unpaired) electrons. The Morgan fingerprint density at radius 2 is 2.16 bits per heavy atom. The summed E-state index contributed by atoms with van der Waals surface area (Å²) < 4.78 is 0. The molecule has 0 bridgehead atoms. The molecule has 4 nitrogen and oxygen atoms in total. The number of hydrogen-bond donors (Lipinski definition) is 0. The van der Waals surface area contributed by atoms with Gasteiger partial charge >= 0.3 is 0 Å². The lowest BCUT2D eigenvalue weighted by Crippen LogP contribution is -2.52. The van der Waals surface area contributed by atoms with Crippen LogP contribution < -0.4 is 4.90 Å². The summed E-state index contributed by atoms with van der Waals surface area (Å²) in [5.41, 5.74) is 1.95. The molecule has 2 amide bonds. The Hall–Kier alpha value is -1.55. The van der Waals surface area contributed by atoms with Gasteiger partial charge in [0.05, 0.1) is 5.69 Å². The fourth-order valence-corrected chi connectivity index (χ4v) is 3.07.